The van der Waals surface area contributed by atoms with Crippen LogP contribution in [0.3, 0.4) is 0 Å². The van der Waals surface area contributed by atoms with Crippen molar-refractivity contribution in [2.75, 3.05) is 0 Å². The molecule has 12 aromatic carbocycles. The van der Waals surface area contributed by atoms with Gasteiger partial charge in [0.05, 0.1) is 0 Å². The van der Waals surface area contributed by atoms with Crippen molar-refractivity contribution in [3.63, 3.8) is 0 Å². The van der Waals surface area contributed by atoms with Crippen LogP contribution in [0.25, 0.3) is 135 Å². The van der Waals surface area contributed by atoms with Crippen LogP contribution in [-0.2, 0) is 92.2 Å². The zero-order valence-electron chi connectivity index (χ0n) is 95.5. The Morgan fingerprint density at radius 1 is 0.266 bits per heavy atom. The van der Waals surface area contributed by atoms with Gasteiger partial charge in [-0.2, -0.15) is 0 Å². The van der Waals surface area contributed by atoms with E-state index in [1.807, 2.05) is 221 Å². The molecule has 0 N–H and O–H groups in total. The SMILES string of the molecule is CC(C)(C)c1ccc(-c2[c-]cccc2)nc1.[2H]C([2H])([2H])c1c[c-]c(-c2cc(C)c(C([2H])([2H])[2H])cn2)cc1.[2H]C([2H])([2H])c1c[c-]c(-c2ccc(C([2H])([2H])C(C)(C)C)cn2)cc1.[2H]C([2H])([2H])c1c[c-]c(-c2ccc(C([2H])([2H])[2H])cn2)cc1.[Ir].[Ir].[Ir].[Ir].[c-]1cccc2c1-c1ncccc1-c1ccccc1O2.[c-]1cccc2c1-c1ncccc1-c1ccccc1O2.[c-]1cccc2c1-c1ncccc1-c1ccccc1O2.[c-]1cccc2c1-c1ncccc1-c1ccccc1O2. The molecule has 0 atom stereocenters. The molecule has 718 valence electrons. The quantitative estimate of drug-likeness (QED) is 0.152. The van der Waals surface area contributed by atoms with Crippen molar-refractivity contribution in [2.45, 2.75) is 94.5 Å². The summed E-state index contributed by atoms with van der Waals surface area (Å²) in [5.41, 5.74) is 24.7. The van der Waals surface area contributed by atoms with E-state index in [2.05, 4.69) is 170 Å². The first-order chi connectivity index (χ1) is 74.5. The Bertz CT molecular complexity index is 7520. The van der Waals surface area contributed by atoms with Crippen molar-refractivity contribution in [2.24, 2.45) is 5.41 Å². The third-order valence-corrected chi connectivity index (χ3v) is 22.1. The second-order valence-electron chi connectivity index (χ2n) is 34.2. The minimum absolute atomic E-state index is 0. The number of hydrogen-bond donors (Lipinski definition) is 0. The number of ether oxygens (including phenoxy) is 4. The standard InChI is InChI=1S/4C17H10NO.C17H20N.C15H16N.C14H14N.C13H12N.4Ir/c4*1-3-9-15-12(6-1)13-8-5-11-18-17(13)14-7-2-4-10-16(14)19-15;1-13-5-8-15(9-6-13)16-10-7-14(12-18-16)11-17(2,3)4;1-15(2,3)13-9-10-14(16-11-13)12-7-5-4-6-8-12;1-10-4-6-13(7-5-10)14-8-11(2)12(3)9-15-14;1-10-3-6-12(7-4-10)13-8-5-11(2)9-14-13;;;;/h4*1-6,8-11H;5-8,10,12H,11H2,1-4H3;4-7,9-11H,1-3H3;4-6,8-9H,1-3H3;3-6,8-9H,1-2H3;;;;/q8*-1;;;;/i;;;;1D3,11D2;;1D3,3D3;1D3,2D3;;;;. The van der Waals surface area contributed by atoms with E-state index in [9.17, 15) is 0 Å². The molecule has 4 radical (unpaired) electrons. The smallest absolute Gasteiger partial charge is 0.121 e. The van der Waals surface area contributed by atoms with E-state index in [-0.39, 0.29) is 114 Å². The van der Waals surface area contributed by atoms with Gasteiger partial charge in [-0.3, -0.25) is 0 Å². The zero-order chi connectivity index (χ0) is 110. The first-order valence-electron chi connectivity index (χ1n) is 53.3. The summed E-state index contributed by atoms with van der Waals surface area (Å²) >= 11 is 0. The third kappa shape index (κ3) is 26.9. The van der Waals surface area contributed by atoms with E-state index in [1.165, 1.54) is 60.6 Å². The second-order valence-corrected chi connectivity index (χ2v) is 34.2. The molecule has 0 aliphatic carbocycles. The molecule has 0 fully saturated rings. The molecule has 4 aliphatic heterocycles. The number of fused-ring (bicyclic) bond motifs is 20. The van der Waals surface area contributed by atoms with Crippen LogP contribution in [0.5, 0.6) is 46.0 Å². The van der Waals surface area contributed by atoms with Gasteiger partial charge >= 0.3 is 0 Å². The maximum absolute atomic E-state index is 8.25. The van der Waals surface area contributed by atoms with Crippen LogP contribution in [0.15, 0.2) is 389 Å². The van der Waals surface area contributed by atoms with Crippen LogP contribution in [-0.4, -0.2) is 39.9 Å². The fourth-order valence-corrected chi connectivity index (χ4v) is 15.3. The molecule has 12 heterocycles. The van der Waals surface area contributed by atoms with E-state index in [0.29, 0.717) is 44.9 Å². The third-order valence-electron chi connectivity index (χ3n) is 22.1. The van der Waals surface area contributed by atoms with Gasteiger partial charge < -0.3 is 58.8 Å². The van der Waals surface area contributed by atoms with Gasteiger partial charge in [-0.05, 0) is 176 Å². The van der Waals surface area contributed by atoms with Crippen molar-refractivity contribution in [1.29, 1.82) is 0 Å². The van der Waals surface area contributed by atoms with Gasteiger partial charge in [-0.15, -0.1) is 239 Å². The van der Waals surface area contributed by atoms with E-state index in [0.717, 1.165) is 147 Å². The maximum atomic E-state index is 8.25. The van der Waals surface area contributed by atoms with Crippen molar-refractivity contribution in [1.82, 2.24) is 39.9 Å². The Morgan fingerprint density at radius 2 is 0.587 bits per heavy atom. The number of aromatic nitrogens is 8. The molecule has 24 rings (SSSR count). The summed E-state index contributed by atoms with van der Waals surface area (Å²) < 4.78 is 150. The summed E-state index contributed by atoms with van der Waals surface area (Å²) in [5, 5.41) is 0. The predicted molar refractivity (Wildman–Crippen MR) is 560 cm³/mol. The minimum Gasteiger partial charge on any atom is -0.501 e. The Morgan fingerprint density at radius 3 is 0.895 bits per heavy atom. The summed E-state index contributed by atoms with van der Waals surface area (Å²) in [6, 6.07) is 130. The molecule has 8 aromatic heterocycles. The molecule has 0 saturated heterocycles. The fourth-order valence-electron chi connectivity index (χ4n) is 15.3. The van der Waals surface area contributed by atoms with Crippen LogP contribution in [0.4, 0.5) is 0 Å². The second kappa shape index (κ2) is 49.8. The summed E-state index contributed by atoms with van der Waals surface area (Å²) in [4.78, 5) is 35.0. The molecule has 12 nitrogen and oxygen atoms in total. The summed E-state index contributed by atoms with van der Waals surface area (Å²) in [6.45, 7) is 3.00. The van der Waals surface area contributed by atoms with Gasteiger partial charge in [-0.1, -0.05) is 229 Å². The normalized spacial score (nSPS) is 13.3. The van der Waals surface area contributed by atoms with Crippen LogP contribution in [0, 0.1) is 95.1 Å². The Kier molecular flexibility index (Phi) is 29.4. The van der Waals surface area contributed by atoms with Crippen LogP contribution in [0.2, 0.25) is 0 Å². The summed E-state index contributed by atoms with van der Waals surface area (Å²) in [5.74, 6) is 6.62. The predicted octanol–water partition coefficient (Wildman–Crippen LogP) is 32.2. The van der Waals surface area contributed by atoms with E-state index >= 15 is 0 Å². The molecule has 4 aliphatic rings. The molecular formula is C127H102Ir4N8O4-8. The van der Waals surface area contributed by atoms with Crippen LogP contribution >= 0.6 is 0 Å². The maximum Gasteiger partial charge on any atom is 0.121 e. The van der Waals surface area contributed by atoms with Crippen molar-refractivity contribution in [3.8, 4) is 181 Å². The topological polar surface area (TPSA) is 140 Å². The number of pyridine rings is 8. The molecule has 0 spiro atoms. The number of benzene rings is 12. The van der Waals surface area contributed by atoms with Crippen LogP contribution < -0.4 is 18.9 Å². The molecule has 0 unspecified atom stereocenters. The van der Waals surface area contributed by atoms with Gasteiger partial charge in [0.15, 0.2) is 0 Å². The number of hydrogen-bond acceptors (Lipinski definition) is 12. The first-order valence-corrected chi connectivity index (χ1v) is 44.8. The number of nitrogens with zero attached hydrogens (tertiary/aromatic N) is 8. The Balaban J connectivity index is 0.000000151. The van der Waals surface area contributed by atoms with Crippen molar-refractivity contribution >= 4 is 0 Å². The number of aryl methyl sites for hydroxylation is 6. The van der Waals surface area contributed by atoms with Gasteiger partial charge in [0.1, 0.15) is 23.0 Å². The van der Waals surface area contributed by atoms with Gasteiger partial charge in [0.25, 0.3) is 0 Å². The molecule has 0 bridgehead atoms. The largest absolute Gasteiger partial charge is 0.501 e. The molecule has 143 heavy (non-hydrogen) atoms. The van der Waals surface area contributed by atoms with Crippen molar-refractivity contribution in [3.05, 3.63) is 482 Å². The van der Waals surface area contributed by atoms with Crippen molar-refractivity contribution < 1.29 is 123 Å². The molecule has 20 aromatic rings. The Hall–Kier alpha value is -14.4. The average Bonchev–Trinajstić information content (AvgIpc) is 1.76. The molecular weight excluding hydrogens is 2470 g/mol. The number of rotatable bonds is 5. The fraction of sp³-hybridized carbons (Fsp3) is 0.118. The van der Waals surface area contributed by atoms with E-state index in [1.54, 1.807) is 80.2 Å². The summed E-state index contributed by atoms with van der Waals surface area (Å²) in [6.07, 6.45) is 11.8. The molecule has 0 amide bonds. The average molecular weight is 2590 g/mol. The van der Waals surface area contributed by atoms with E-state index < -0.39 is 46.0 Å². The minimum atomic E-state index is -2.19. The van der Waals surface area contributed by atoms with E-state index in [4.69, 9.17) is 42.3 Å². The van der Waals surface area contributed by atoms with Crippen LogP contribution in [0.1, 0.15) is 109 Å². The summed E-state index contributed by atoms with van der Waals surface area (Å²) in [7, 11) is 0. The molecule has 0 saturated carbocycles. The zero-order valence-corrected chi connectivity index (χ0v) is 88.1. The first kappa shape index (κ1) is 84.3. The van der Waals surface area contributed by atoms with Gasteiger partial charge in [0, 0.05) is 199 Å². The van der Waals surface area contributed by atoms with Gasteiger partial charge in [0.2, 0.25) is 0 Å². The van der Waals surface area contributed by atoms with Gasteiger partial charge in [-0.25, -0.2) is 0 Å². The number of para-hydroxylation sites is 4. The monoisotopic (exact) mass is 2590 g/mol. The Labute approximate surface area is 918 Å². The molecule has 16 heteroatoms.